The number of para-hydroxylation sites is 1. The Morgan fingerprint density at radius 2 is 1.69 bits per heavy atom. The zero-order valence-corrected chi connectivity index (χ0v) is 15.5. The van der Waals surface area contributed by atoms with E-state index >= 15 is 0 Å². The number of aromatic nitrogens is 1. The summed E-state index contributed by atoms with van der Waals surface area (Å²) in [6.07, 6.45) is 0. The normalized spacial score (nSPS) is 10.4. The maximum Gasteiger partial charge on any atom is 0.271 e. The topological polar surface area (TPSA) is 51.7 Å². The van der Waals surface area contributed by atoms with Gasteiger partial charge >= 0.3 is 0 Å². The summed E-state index contributed by atoms with van der Waals surface area (Å²) < 4.78 is 11.1. The van der Waals surface area contributed by atoms with Crippen molar-refractivity contribution in [2.45, 2.75) is 13.8 Å². The van der Waals surface area contributed by atoms with Gasteiger partial charge in [-0.15, -0.1) is 11.3 Å². The third-order valence-corrected chi connectivity index (χ3v) is 4.50. The van der Waals surface area contributed by atoms with E-state index in [1.807, 2.05) is 61.7 Å². The van der Waals surface area contributed by atoms with Crippen LogP contribution in [0.2, 0.25) is 0 Å². The molecule has 0 radical (unpaired) electrons. The number of thiazole rings is 1. The first-order valence-corrected chi connectivity index (χ1v) is 9.21. The van der Waals surface area contributed by atoms with Crippen molar-refractivity contribution < 1.29 is 14.3 Å². The minimum Gasteiger partial charge on any atom is -0.494 e. The van der Waals surface area contributed by atoms with E-state index in [1.165, 1.54) is 11.3 Å². The Morgan fingerprint density at radius 1 is 1.04 bits per heavy atom. The molecule has 0 atom stereocenters. The number of hydrogen-bond acceptors (Lipinski definition) is 5. The van der Waals surface area contributed by atoms with E-state index in [9.17, 15) is 4.79 Å². The van der Waals surface area contributed by atoms with Crippen LogP contribution in [0.1, 0.15) is 12.6 Å². The lowest BCUT2D eigenvalue weighted by molar-refractivity contribution is -0.119. The van der Waals surface area contributed by atoms with Crippen molar-refractivity contribution in [3.8, 4) is 11.5 Å². The highest BCUT2D eigenvalue weighted by Gasteiger charge is 2.21. The van der Waals surface area contributed by atoms with Crippen LogP contribution in [-0.2, 0) is 4.79 Å². The number of hydrogen-bond donors (Lipinski definition) is 0. The van der Waals surface area contributed by atoms with Crippen LogP contribution in [0.25, 0.3) is 0 Å². The zero-order valence-electron chi connectivity index (χ0n) is 14.7. The second-order valence-electron chi connectivity index (χ2n) is 5.53. The molecule has 6 heteroatoms. The van der Waals surface area contributed by atoms with Crippen molar-refractivity contribution in [3.63, 3.8) is 0 Å². The molecule has 3 rings (SSSR count). The molecule has 0 aliphatic rings. The Labute approximate surface area is 156 Å². The van der Waals surface area contributed by atoms with E-state index in [4.69, 9.17) is 9.47 Å². The predicted molar refractivity (Wildman–Crippen MR) is 104 cm³/mol. The molecule has 0 saturated carbocycles. The van der Waals surface area contributed by atoms with Crippen LogP contribution in [0, 0.1) is 6.92 Å². The van der Waals surface area contributed by atoms with Crippen LogP contribution < -0.4 is 14.4 Å². The SMILES string of the molecule is CCOc1ccc(OCC(=O)N(c2ccccc2)c2nc(C)cs2)cc1. The summed E-state index contributed by atoms with van der Waals surface area (Å²) in [6, 6.07) is 16.7. The summed E-state index contributed by atoms with van der Waals surface area (Å²) in [5.74, 6) is 1.21. The van der Waals surface area contributed by atoms with Crippen LogP contribution in [0.4, 0.5) is 10.8 Å². The summed E-state index contributed by atoms with van der Waals surface area (Å²) in [6.45, 7) is 4.37. The van der Waals surface area contributed by atoms with Gasteiger partial charge < -0.3 is 9.47 Å². The van der Waals surface area contributed by atoms with Gasteiger partial charge in [-0.2, -0.15) is 0 Å². The molecular weight excluding hydrogens is 348 g/mol. The van der Waals surface area contributed by atoms with Crippen LogP contribution in [0.3, 0.4) is 0 Å². The van der Waals surface area contributed by atoms with Crippen molar-refractivity contribution in [1.29, 1.82) is 0 Å². The lowest BCUT2D eigenvalue weighted by Crippen LogP contribution is -2.30. The van der Waals surface area contributed by atoms with Crippen LogP contribution in [-0.4, -0.2) is 24.1 Å². The highest BCUT2D eigenvalue weighted by molar-refractivity contribution is 7.14. The van der Waals surface area contributed by atoms with Gasteiger partial charge in [-0.25, -0.2) is 4.98 Å². The number of anilines is 2. The van der Waals surface area contributed by atoms with Gasteiger partial charge in [-0.3, -0.25) is 9.69 Å². The van der Waals surface area contributed by atoms with Gasteiger partial charge in [0.1, 0.15) is 11.5 Å². The number of rotatable bonds is 7. The monoisotopic (exact) mass is 368 g/mol. The molecule has 0 aliphatic carbocycles. The van der Waals surface area contributed by atoms with Crippen molar-refractivity contribution in [2.75, 3.05) is 18.1 Å². The van der Waals surface area contributed by atoms with E-state index in [-0.39, 0.29) is 12.5 Å². The molecular formula is C20H20N2O3S. The van der Waals surface area contributed by atoms with Gasteiger partial charge in [0.05, 0.1) is 18.0 Å². The van der Waals surface area contributed by atoms with Gasteiger partial charge in [0.15, 0.2) is 11.7 Å². The number of ether oxygens (including phenoxy) is 2. The largest absolute Gasteiger partial charge is 0.494 e. The molecule has 1 aromatic heterocycles. The number of carbonyl (C=O) groups is 1. The predicted octanol–water partition coefficient (Wildman–Crippen LogP) is 4.59. The Kier molecular flexibility index (Phi) is 5.86. The molecule has 1 amide bonds. The van der Waals surface area contributed by atoms with Crippen LogP contribution in [0.15, 0.2) is 60.0 Å². The smallest absolute Gasteiger partial charge is 0.271 e. The molecule has 0 N–H and O–H groups in total. The number of amides is 1. The van der Waals surface area contributed by atoms with Gasteiger partial charge in [0.2, 0.25) is 0 Å². The third-order valence-electron chi connectivity index (χ3n) is 3.56. The fourth-order valence-electron chi connectivity index (χ4n) is 2.39. The van der Waals surface area contributed by atoms with Crippen molar-refractivity contribution in [1.82, 2.24) is 4.98 Å². The van der Waals surface area contributed by atoms with Crippen LogP contribution >= 0.6 is 11.3 Å². The minimum atomic E-state index is -0.181. The first-order chi connectivity index (χ1) is 12.7. The Balaban J connectivity index is 1.73. The fourth-order valence-corrected chi connectivity index (χ4v) is 3.23. The average Bonchev–Trinajstić information content (AvgIpc) is 3.08. The van der Waals surface area contributed by atoms with Crippen LogP contribution in [0.5, 0.6) is 11.5 Å². The highest BCUT2D eigenvalue weighted by Crippen LogP contribution is 2.28. The Hall–Kier alpha value is -2.86. The maximum atomic E-state index is 12.8. The van der Waals surface area contributed by atoms with Crippen molar-refractivity contribution in [2.24, 2.45) is 0 Å². The van der Waals surface area contributed by atoms with Crippen molar-refractivity contribution in [3.05, 3.63) is 65.7 Å². The molecule has 2 aromatic carbocycles. The zero-order chi connectivity index (χ0) is 18.4. The summed E-state index contributed by atoms with van der Waals surface area (Å²) in [4.78, 5) is 18.9. The van der Waals surface area contributed by atoms with Gasteiger partial charge in [-0.1, -0.05) is 18.2 Å². The first-order valence-electron chi connectivity index (χ1n) is 8.33. The summed E-state index contributed by atoms with van der Waals surface area (Å²) in [5.41, 5.74) is 1.65. The molecule has 26 heavy (non-hydrogen) atoms. The average molecular weight is 368 g/mol. The molecule has 134 valence electrons. The number of benzene rings is 2. The minimum absolute atomic E-state index is 0.0818. The molecule has 0 bridgehead atoms. The molecule has 5 nitrogen and oxygen atoms in total. The van der Waals surface area contributed by atoms with Crippen molar-refractivity contribution >= 4 is 28.1 Å². The molecule has 3 aromatic rings. The van der Waals surface area contributed by atoms with Gasteiger partial charge in [-0.05, 0) is 50.2 Å². The van der Waals surface area contributed by atoms with Gasteiger partial charge in [0.25, 0.3) is 5.91 Å². The number of nitrogens with zero attached hydrogens (tertiary/aromatic N) is 2. The van der Waals surface area contributed by atoms with E-state index < -0.39 is 0 Å². The van der Waals surface area contributed by atoms with E-state index in [0.717, 1.165) is 17.1 Å². The third kappa shape index (κ3) is 4.40. The lowest BCUT2D eigenvalue weighted by atomic mass is 10.3. The molecule has 1 heterocycles. The Bertz CT molecular complexity index is 847. The summed E-state index contributed by atoms with van der Waals surface area (Å²) in [7, 11) is 0. The molecule has 0 fully saturated rings. The number of carbonyl (C=O) groups excluding carboxylic acids is 1. The molecule has 0 spiro atoms. The molecule has 0 unspecified atom stereocenters. The highest BCUT2D eigenvalue weighted by atomic mass is 32.1. The second kappa shape index (κ2) is 8.49. The van der Waals surface area contributed by atoms with Gasteiger partial charge in [0, 0.05) is 5.38 Å². The lowest BCUT2D eigenvalue weighted by Gasteiger charge is -2.20. The number of aryl methyl sites for hydroxylation is 1. The summed E-state index contributed by atoms with van der Waals surface area (Å²) >= 11 is 1.43. The quantitative estimate of drug-likeness (QED) is 0.612. The van der Waals surface area contributed by atoms with E-state index in [2.05, 4.69) is 4.98 Å². The standard InChI is InChI=1S/C20H20N2O3S/c1-3-24-17-9-11-18(12-10-17)25-13-19(23)22(16-7-5-4-6-8-16)20-21-15(2)14-26-20/h4-12,14H,3,13H2,1-2H3. The first kappa shape index (κ1) is 17.9. The molecule has 0 saturated heterocycles. The summed E-state index contributed by atoms with van der Waals surface area (Å²) in [5, 5.41) is 2.56. The second-order valence-corrected chi connectivity index (χ2v) is 6.37. The molecule has 0 aliphatic heterocycles. The van der Waals surface area contributed by atoms with E-state index in [0.29, 0.717) is 17.5 Å². The Morgan fingerprint density at radius 3 is 2.27 bits per heavy atom. The van der Waals surface area contributed by atoms with E-state index in [1.54, 1.807) is 17.0 Å². The maximum absolute atomic E-state index is 12.8. The fraction of sp³-hybridized carbons (Fsp3) is 0.200.